The summed E-state index contributed by atoms with van der Waals surface area (Å²) >= 11 is 3.60. The van der Waals surface area contributed by atoms with Gasteiger partial charge < -0.3 is 14.4 Å². The molecule has 0 radical (unpaired) electrons. The van der Waals surface area contributed by atoms with Gasteiger partial charge in [0.25, 0.3) is 0 Å². The van der Waals surface area contributed by atoms with Crippen LogP contribution in [0.2, 0.25) is 0 Å². The van der Waals surface area contributed by atoms with Gasteiger partial charge in [-0.2, -0.15) is 0 Å². The molecular weight excluding hydrogens is 485 g/mol. The second-order valence-electron chi connectivity index (χ2n) is 6.04. The van der Waals surface area contributed by atoms with Crippen LogP contribution in [0, 0.1) is 9.85 Å². The SMILES string of the molecule is CCOc1ccccc1C1(c2ccccc2OCC)SCC(=O)N1CC#CI. The first-order valence-corrected chi connectivity index (χ1v) is 11.2. The summed E-state index contributed by atoms with van der Waals surface area (Å²) in [6.07, 6.45) is 0. The van der Waals surface area contributed by atoms with Gasteiger partial charge in [0.15, 0.2) is 0 Å². The highest BCUT2D eigenvalue weighted by molar-refractivity contribution is 14.1. The normalized spacial score (nSPS) is 15.1. The molecule has 1 amide bonds. The van der Waals surface area contributed by atoms with E-state index in [1.54, 1.807) is 11.8 Å². The molecule has 3 rings (SSSR count). The first-order chi connectivity index (χ1) is 13.7. The summed E-state index contributed by atoms with van der Waals surface area (Å²) in [4.78, 5) is 14.0. The van der Waals surface area contributed by atoms with Crippen LogP contribution < -0.4 is 9.47 Å². The van der Waals surface area contributed by atoms with Gasteiger partial charge in [0.05, 0.1) is 25.5 Å². The van der Waals surface area contributed by atoms with Gasteiger partial charge in [-0.15, -0.1) is 11.8 Å². The number of para-hydroxylation sites is 2. The summed E-state index contributed by atoms with van der Waals surface area (Å²) in [5, 5.41) is 0. The van der Waals surface area contributed by atoms with E-state index in [1.807, 2.05) is 89.9 Å². The Morgan fingerprint density at radius 2 is 1.57 bits per heavy atom. The number of carbonyl (C=O) groups is 1. The van der Waals surface area contributed by atoms with E-state index >= 15 is 0 Å². The van der Waals surface area contributed by atoms with Crippen molar-refractivity contribution in [1.82, 2.24) is 4.90 Å². The number of hydrogen-bond acceptors (Lipinski definition) is 4. The Kier molecular flexibility index (Phi) is 7.13. The van der Waals surface area contributed by atoms with Crippen molar-refractivity contribution < 1.29 is 14.3 Å². The third kappa shape index (κ3) is 3.83. The van der Waals surface area contributed by atoms with Crippen LogP contribution in [0.15, 0.2) is 48.5 Å². The highest BCUT2D eigenvalue weighted by Gasteiger charge is 2.51. The maximum atomic E-state index is 12.9. The minimum absolute atomic E-state index is 0.0572. The lowest BCUT2D eigenvalue weighted by Crippen LogP contribution is -2.43. The fourth-order valence-corrected chi connectivity index (χ4v) is 5.08. The average molecular weight is 507 g/mol. The highest BCUT2D eigenvalue weighted by Crippen LogP contribution is 2.54. The maximum Gasteiger partial charge on any atom is 0.235 e. The van der Waals surface area contributed by atoms with Gasteiger partial charge in [-0.3, -0.25) is 4.79 Å². The van der Waals surface area contributed by atoms with Crippen LogP contribution in [-0.4, -0.2) is 36.3 Å². The third-order valence-electron chi connectivity index (χ3n) is 4.49. The molecule has 2 aromatic rings. The quantitative estimate of drug-likeness (QED) is 0.404. The molecule has 0 atom stereocenters. The Balaban J connectivity index is 2.29. The molecule has 0 unspecified atom stereocenters. The van der Waals surface area contributed by atoms with Crippen molar-refractivity contribution in [3.63, 3.8) is 0 Å². The Bertz CT molecular complexity index is 856. The Morgan fingerprint density at radius 1 is 1.04 bits per heavy atom. The molecule has 0 spiro atoms. The predicted molar refractivity (Wildman–Crippen MR) is 122 cm³/mol. The van der Waals surface area contributed by atoms with Crippen LogP contribution in [0.5, 0.6) is 11.5 Å². The van der Waals surface area contributed by atoms with Crippen LogP contribution >= 0.6 is 34.4 Å². The van der Waals surface area contributed by atoms with Gasteiger partial charge in [-0.1, -0.05) is 42.3 Å². The standard InChI is InChI=1S/C22H22INO3S/c1-3-26-19-12-7-5-10-17(19)22(18-11-6-8-13-20(18)27-4-2)24(15-9-14-23)21(25)16-28-22/h5-8,10-13H,3-4,15-16H2,1-2H3. The smallest absolute Gasteiger partial charge is 0.235 e. The van der Waals surface area contributed by atoms with Crippen LogP contribution in [0.4, 0.5) is 0 Å². The largest absolute Gasteiger partial charge is 0.493 e. The molecule has 0 aliphatic carbocycles. The van der Waals surface area contributed by atoms with E-state index in [2.05, 4.69) is 9.85 Å². The van der Waals surface area contributed by atoms with Crippen molar-refractivity contribution in [3.05, 3.63) is 59.7 Å². The monoisotopic (exact) mass is 507 g/mol. The molecule has 1 saturated heterocycles. The van der Waals surface area contributed by atoms with Crippen LogP contribution in [0.25, 0.3) is 0 Å². The lowest BCUT2D eigenvalue weighted by molar-refractivity contribution is -0.128. The van der Waals surface area contributed by atoms with Gasteiger partial charge >= 0.3 is 0 Å². The molecule has 0 N–H and O–H groups in total. The minimum atomic E-state index is -0.755. The van der Waals surface area contributed by atoms with Crippen LogP contribution in [0.1, 0.15) is 25.0 Å². The van der Waals surface area contributed by atoms with E-state index < -0.39 is 4.87 Å². The molecule has 146 valence electrons. The number of halogens is 1. The summed E-state index contributed by atoms with van der Waals surface area (Å²) in [7, 11) is 0. The van der Waals surface area contributed by atoms with Gasteiger partial charge in [0.1, 0.15) is 16.4 Å². The Morgan fingerprint density at radius 3 is 2.07 bits per heavy atom. The molecule has 1 aliphatic heterocycles. The second kappa shape index (κ2) is 9.57. The van der Waals surface area contributed by atoms with Crippen molar-refractivity contribution in [1.29, 1.82) is 0 Å². The molecular formula is C22H22INO3S. The Labute approximate surface area is 184 Å². The topological polar surface area (TPSA) is 38.8 Å². The third-order valence-corrected chi connectivity index (χ3v) is 6.34. The average Bonchev–Trinajstić information content (AvgIpc) is 3.04. The number of hydrogen-bond donors (Lipinski definition) is 0. The van der Waals surface area contributed by atoms with Crippen molar-refractivity contribution >= 4 is 40.3 Å². The molecule has 0 bridgehead atoms. The number of carbonyl (C=O) groups excluding carboxylic acids is 1. The predicted octanol–water partition coefficient (Wildman–Crippen LogP) is 4.66. The summed E-state index contributed by atoms with van der Waals surface area (Å²) < 4.78 is 14.8. The van der Waals surface area contributed by atoms with Gasteiger partial charge in [0, 0.05) is 33.7 Å². The van der Waals surface area contributed by atoms with E-state index in [-0.39, 0.29) is 5.91 Å². The maximum absolute atomic E-state index is 12.9. The van der Waals surface area contributed by atoms with Gasteiger partial charge in [-0.25, -0.2) is 0 Å². The summed E-state index contributed by atoms with van der Waals surface area (Å²) in [6, 6.07) is 15.8. The second-order valence-corrected chi connectivity index (χ2v) is 7.75. The highest BCUT2D eigenvalue weighted by atomic mass is 127. The van der Waals surface area contributed by atoms with Crippen LogP contribution in [-0.2, 0) is 9.67 Å². The summed E-state index contributed by atoms with van der Waals surface area (Å²) in [6.45, 7) is 5.36. The fourth-order valence-electron chi connectivity index (χ4n) is 3.45. The molecule has 1 fully saturated rings. The first kappa shape index (κ1) is 20.9. The van der Waals surface area contributed by atoms with E-state index in [0.29, 0.717) is 25.5 Å². The zero-order valence-electron chi connectivity index (χ0n) is 15.9. The number of nitrogens with zero attached hydrogens (tertiary/aromatic N) is 1. The van der Waals surface area contributed by atoms with Gasteiger partial charge in [0.2, 0.25) is 5.91 Å². The molecule has 28 heavy (non-hydrogen) atoms. The number of ether oxygens (including phenoxy) is 2. The molecule has 0 saturated carbocycles. The zero-order chi connectivity index (χ0) is 20.0. The number of benzene rings is 2. The lowest BCUT2D eigenvalue weighted by atomic mass is 9.94. The van der Waals surface area contributed by atoms with Crippen molar-refractivity contribution in [2.75, 3.05) is 25.5 Å². The van der Waals surface area contributed by atoms with E-state index in [1.165, 1.54) is 0 Å². The fraction of sp³-hybridized carbons (Fsp3) is 0.318. The first-order valence-electron chi connectivity index (χ1n) is 9.16. The number of thioether (sulfide) groups is 1. The van der Waals surface area contributed by atoms with E-state index in [9.17, 15) is 4.79 Å². The zero-order valence-corrected chi connectivity index (χ0v) is 18.9. The number of rotatable bonds is 7. The lowest BCUT2D eigenvalue weighted by Gasteiger charge is -2.39. The summed E-state index contributed by atoms with van der Waals surface area (Å²) in [5.41, 5.74) is 1.88. The number of amides is 1. The molecule has 6 heteroatoms. The molecule has 2 aromatic carbocycles. The molecule has 1 aliphatic rings. The Hall–Kier alpha value is -1.85. The van der Waals surface area contributed by atoms with Crippen molar-refractivity contribution in [2.24, 2.45) is 0 Å². The van der Waals surface area contributed by atoms with E-state index in [0.717, 1.165) is 22.6 Å². The van der Waals surface area contributed by atoms with Gasteiger partial charge in [-0.05, 0) is 29.9 Å². The van der Waals surface area contributed by atoms with Crippen LogP contribution in [0.3, 0.4) is 0 Å². The van der Waals surface area contributed by atoms with Crippen molar-refractivity contribution in [2.45, 2.75) is 18.7 Å². The van der Waals surface area contributed by atoms with Crippen molar-refractivity contribution in [3.8, 4) is 21.3 Å². The summed E-state index contributed by atoms with van der Waals surface area (Å²) in [5.74, 6) is 5.04. The molecule has 4 nitrogen and oxygen atoms in total. The van der Waals surface area contributed by atoms with E-state index in [4.69, 9.17) is 9.47 Å². The molecule has 1 heterocycles. The minimum Gasteiger partial charge on any atom is -0.493 e. The molecule has 0 aromatic heterocycles.